The molecule has 0 radical (unpaired) electrons. The maximum absolute atomic E-state index is 10.6. The molecule has 0 bridgehead atoms. The van der Waals surface area contributed by atoms with Crippen LogP contribution in [0.2, 0.25) is 0 Å². The van der Waals surface area contributed by atoms with Crippen LogP contribution in [0.15, 0.2) is 23.0 Å². The van der Waals surface area contributed by atoms with Gasteiger partial charge < -0.3 is 5.32 Å². The number of nitrogens with one attached hydrogen (secondary N) is 1. The van der Waals surface area contributed by atoms with E-state index < -0.39 is 0 Å². The van der Waals surface area contributed by atoms with E-state index in [9.17, 15) is 4.79 Å². The van der Waals surface area contributed by atoms with Gasteiger partial charge in [0.15, 0.2) is 0 Å². The molecule has 2 nitrogen and oxygen atoms in total. The van der Waals surface area contributed by atoms with E-state index in [-0.39, 0.29) is 5.78 Å². The van der Waals surface area contributed by atoms with Gasteiger partial charge in [0.05, 0.1) is 5.70 Å². The van der Waals surface area contributed by atoms with Crippen LogP contribution in [0.25, 0.3) is 0 Å². The molecule has 1 aliphatic heterocycles. The highest BCUT2D eigenvalue weighted by molar-refractivity contribution is 9.11. The van der Waals surface area contributed by atoms with Gasteiger partial charge in [0.25, 0.3) is 0 Å². The van der Waals surface area contributed by atoms with Crippen LogP contribution < -0.4 is 5.32 Å². The Kier molecular flexibility index (Phi) is 1.48. The number of carbonyl (C=O) groups excluding carboxylic acids is 1. The highest BCUT2D eigenvalue weighted by Gasteiger charge is 2.07. The molecule has 1 aliphatic rings. The molecule has 0 aromatic carbocycles. The monoisotopic (exact) mass is 173 g/mol. The molecule has 1 heterocycles. The normalized spacial score (nSPS) is 22.1. The predicted molar refractivity (Wildman–Crippen MR) is 34.3 cm³/mol. The molecule has 0 atom stereocenters. The first-order chi connectivity index (χ1) is 3.84. The first-order valence-electron chi connectivity index (χ1n) is 2.12. The topological polar surface area (TPSA) is 29.1 Å². The number of halogens is 1. The van der Waals surface area contributed by atoms with Gasteiger partial charge in [-0.25, -0.2) is 0 Å². The van der Waals surface area contributed by atoms with Gasteiger partial charge in [-0.1, -0.05) is 15.9 Å². The molecule has 0 saturated heterocycles. The van der Waals surface area contributed by atoms with Crippen molar-refractivity contribution in [2.45, 2.75) is 0 Å². The van der Waals surface area contributed by atoms with Gasteiger partial charge >= 0.3 is 0 Å². The van der Waals surface area contributed by atoms with Crippen molar-refractivity contribution in [2.24, 2.45) is 0 Å². The minimum absolute atomic E-state index is 0.0156. The zero-order chi connectivity index (χ0) is 5.98. The third-order valence-electron chi connectivity index (χ3n) is 0.848. The number of ketones is 1. The lowest BCUT2D eigenvalue weighted by Gasteiger charge is -1.88. The van der Waals surface area contributed by atoms with Gasteiger partial charge in [0.1, 0.15) is 0 Å². The fourth-order valence-corrected chi connectivity index (χ4v) is 0.811. The second-order valence-electron chi connectivity index (χ2n) is 1.36. The van der Waals surface area contributed by atoms with Crippen molar-refractivity contribution in [1.82, 2.24) is 5.32 Å². The summed E-state index contributed by atoms with van der Waals surface area (Å²) in [5, 5.41) is 2.74. The lowest BCUT2D eigenvalue weighted by Crippen LogP contribution is -2.03. The lowest BCUT2D eigenvalue weighted by atomic mass is 10.4. The van der Waals surface area contributed by atoms with Crippen LogP contribution in [0.5, 0.6) is 0 Å². The number of carbonyl (C=O) groups is 1. The van der Waals surface area contributed by atoms with Gasteiger partial charge in [0, 0.05) is 17.3 Å². The van der Waals surface area contributed by atoms with Crippen LogP contribution in [-0.4, -0.2) is 5.78 Å². The Bertz CT molecular complexity index is 171. The van der Waals surface area contributed by atoms with Crippen LogP contribution in [0.4, 0.5) is 0 Å². The van der Waals surface area contributed by atoms with E-state index in [0.717, 1.165) is 0 Å². The van der Waals surface area contributed by atoms with E-state index in [1.54, 1.807) is 11.2 Å². The molecule has 42 valence electrons. The Morgan fingerprint density at radius 2 is 2.50 bits per heavy atom. The summed E-state index contributed by atoms with van der Waals surface area (Å²) in [6, 6.07) is 0. The summed E-state index contributed by atoms with van der Waals surface area (Å²) in [6.45, 7) is 0. The van der Waals surface area contributed by atoms with Crippen LogP contribution in [0.3, 0.4) is 0 Å². The summed E-state index contributed by atoms with van der Waals surface area (Å²) < 4.78 is 0. The number of hydrogen-bond donors (Lipinski definition) is 1. The van der Waals surface area contributed by atoms with E-state index in [1.165, 1.54) is 6.08 Å². The van der Waals surface area contributed by atoms with Crippen LogP contribution in [0.1, 0.15) is 0 Å². The van der Waals surface area contributed by atoms with Crippen molar-refractivity contribution in [3.05, 3.63) is 23.0 Å². The number of allylic oxidation sites excluding steroid dienone is 1. The Labute approximate surface area is 55.4 Å². The number of rotatable bonds is 0. The summed E-state index contributed by atoms with van der Waals surface area (Å²) in [4.78, 5) is 12.1. The van der Waals surface area contributed by atoms with Crippen LogP contribution in [0, 0.1) is 0 Å². The third-order valence-corrected chi connectivity index (χ3v) is 1.31. The maximum atomic E-state index is 10.6. The molecule has 0 aliphatic carbocycles. The quantitative estimate of drug-likeness (QED) is 0.553. The molecule has 3 heteroatoms. The van der Waals surface area contributed by atoms with E-state index in [4.69, 9.17) is 0 Å². The zero-order valence-corrected chi connectivity index (χ0v) is 5.60. The molecule has 0 fully saturated rings. The summed E-state index contributed by atoms with van der Waals surface area (Å²) >= 11 is 3.03. The van der Waals surface area contributed by atoms with Crippen molar-refractivity contribution < 1.29 is 4.79 Å². The van der Waals surface area contributed by atoms with Gasteiger partial charge in [-0.05, 0) is 0 Å². The van der Waals surface area contributed by atoms with Gasteiger partial charge in [0.2, 0.25) is 5.78 Å². The molecule has 0 aromatic rings. The highest BCUT2D eigenvalue weighted by atomic mass is 79.9. The fourth-order valence-electron chi connectivity index (χ4n) is 0.453. The molecular formula is C5H4BrNO. The van der Waals surface area contributed by atoms with E-state index in [0.29, 0.717) is 5.70 Å². The second kappa shape index (κ2) is 2.13. The molecule has 0 amide bonds. The first-order valence-corrected chi connectivity index (χ1v) is 3.04. The largest absolute Gasteiger partial charge is 0.358 e. The van der Waals surface area contributed by atoms with Crippen molar-refractivity contribution >= 4 is 21.7 Å². The van der Waals surface area contributed by atoms with Crippen molar-refractivity contribution in [3.8, 4) is 0 Å². The summed E-state index contributed by atoms with van der Waals surface area (Å²) in [5.74, 6) is 0.0156. The molecule has 1 rings (SSSR count). The zero-order valence-electron chi connectivity index (χ0n) is 4.02. The van der Waals surface area contributed by atoms with Crippen LogP contribution >= 0.6 is 15.9 Å². The van der Waals surface area contributed by atoms with E-state index in [2.05, 4.69) is 21.2 Å². The second-order valence-corrected chi connectivity index (χ2v) is 1.82. The van der Waals surface area contributed by atoms with Gasteiger partial charge in [-0.15, -0.1) is 0 Å². The highest BCUT2D eigenvalue weighted by Crippen LogP contribution is 2.02. The summed E-state index contributed by atoms with van der Waals surface area (Å²) in [6.07, 6.45) is 3.09. The molecule has 0 unspecified atom stereocenters. The van der Waals surface area contributed by atoms with Gasteiger partial charge in [-0.3, -0.25) is 4.79 Å². The minimum atomic E-state index is 0.0156. The average molecular weight is 174 g/mol. The Hall–Kier alpha value is -0.570. The fraction of sp³-hybridized carbons (Fsp3) is 0. The predicted octanol–water partition coefficient (Wildman–Crippen LogP) is 0.909. The lowest BCUT2D eigenvalue weighted by molar-refractivity contribution is -0.111. The Morgan fingerprint density at radius 1 is 1.75 bits per heavy atom. The van der Waals surface area contributed by atoms with Gasteiger partial charge in [-0.2, -0.15) is 0 Å². The summed E-state index contributed by atoms with van der Waals surface area (Å²) in [7, 11) is 0. The van der Waals surface area contributed by atoms with Crippen LogP contribution in [-0.2, 0) is 4.79 Å². The van der Waals surface area contributed by atoms with Crippen molar-refractivity contribution in [2.75, 3.05) is 0 Å². The molecular weight excluding hydrogens is 170 g/mol. The van der Waals surface area contributed by atoms with E-state index >= 15 is 0 Å². The Morgan fingerprint density at radius 3 is 2.75 bits per heavy atom. The van der Waals surface area contributed by atoms with E-state index in [1.807, 2.05) is 0 Å². The molecule has 0 spiro atoms. The first kappa shape index (κ1) is 5.56. The SMILES string of the molecule is O=C1C=CNC1=CBr. The smallest absolute Gasteiger partial charge is 0.203 e. The number of hydrogen-bond acceptors (Lipinski definition) is 2. The Balaban J connectivity index is 2.79. The molecule has 0 aromatic heterocycles. The van der Waals surface area contributed by atoms with Crippen molar-refractivity contribution in [1.29, 1.82) is 0 Å². The summed E-state index contributed by atoms with van der Waals surface area (Å²) in [5.41, 5.74) is 0.588. The molecule has 8 heavy (non-hydrogen) atoms. The molecule has 1 N–H and O–H groups in total. The average Bonchev–Trinajstić information content (AvgIpc) is 2.14. The minimum Gasteiger partial charge on any atom is -0.358 e. The van der Waals surface area contributed by atoms with Crippen molar-refractivity contribution in [3.63, 3.8) is 0 Å². The standard InChI is InChI=1S/C5H4BrNO/c6-3-4-5(8)1-2-7-4/h1-3,7H. The maximum Gasteiger partial charge on any atom is 0.203 e. The third kappa shape index (κ3) is 0.816. The molecule has 0 saturated carbocycles.